The zero-order valence-electron chi connectivity index (χ0n) is 17.2. The third-order valence-electron chi connectivity index (χ3n) is 4.62. The molecule has 0 saturated heterocycles. The van der Waals surface area contributed by atoms with Crippen molar-refractivity contribution in [2.75, 3.05) is 17.9 Å². The van der Waals surface area contributed by atoms with Crippen molar-refractivity contribution >= 4 is 27.5 Å². The molecule has 3 aromatic rings. The lowest BCUT2D eigenvalue weighted by molar-refractivity contribution is -0.120. The fourth-order valence-corrected chi connectivity index (χ4v) is 3.95. The van der Waals surface area contributed by atoms with Crippen LogP contribution in [0.15, 0.2) is 76.2 Å². The number of nitrogens with one attached hydrogen (secondary N) is 2. The Morgan fingerprint density at radius 1 is 0.968 bits per heavy atom. The summed E-state index contributed by atoms with van der Waals surface area (Å²) in [6, 6.07) is 16.1. The van der Waals surface area contributed by atoms with E-state index in [1.54, 1.807) is 36.4 Å². The molecule has 0 spiro atoms. The highest BCUT2D eigenvalue weighted by molar-refractivity contribution is 7.92. The predicted octanol–water partition coefficient (Wildman–Crippen LogP) is 2.46. The smallest absolute Gasteiger partial charge is 0.264 e. The SMILES string of the molecule is Cc1ccc(S(=O)(=O)N(C)c2ccc(C(=O)NCC(=O)NCc3ccco3)cc2)cc1. The van der Waals surface area contributed by atoms with Gasteiger partial charge in [-0.1, -0.05) is 17.7 Å². The number of nitrogens with zero attached hydrogens (tertiary/aromatic N) is 1. The highest BCUT2D eigenvalue weighted by Gasteiger charge is 2.21. The van der Waals surface area contributed by atoms with Crippen molar-refractivity contribution in [3.05, 3.63) is 83.8 Å². The second-order valence-electron chi connectivity index (χ2n) is 6.87. The van der Waals surface area contributed by atoms with Gasteiger partial charge in [0, 0.05) is 12.6 Å². The van der Waals surface area contributed by atoms with Crippen LogP contribution >= 0.6 is 0 Å². The number of aryl methyl sites for hydroxylation is 1. The molecule has 9 heteroatoms. The van der Waals surface area contributed by atoms with Crippen molar-refractivity contribution in [1.82, 2.24) is 10.6 Å². The molecule has 0 fully saturated rings. The van der Waals surface area contributed by atoms with Gasteiger partial charge in [-0.2, -0.15) is 0 Å². The number of benzene rings is 2. The van der Waals surface area contributed by atoms with Crippen molar-refractivity contribution in [2.24, 2.45) is 0 Å². The second-order valence-corrected chi connectivity index (χ2v) is 8.84. The van der Waals surface area contributed by atoms with Gasteiger partial charge in [-0.15, -0.1) is 0 Å². The van der Waals surface area contributed by atoms with Crippen LogP contribution in [0.3, 0.4) is 0 Å². The van der Waals surface area contributed by atoms with Crippen molar-refractivity contribution in [2.45, 2.75) is 18.4 Å². The van der Waals surface area contributed by atoms with Gasteiger partial charge in [0.15, 0.2) is 0 Å². The standard InChI is InChI=1S/C22H23N3O5S/c1-16-5-11-20(12-6-16)31(28,29)25(2)18-9-7-17(8-10-18)22(27)24-15-21(26)23-14-19-4-3-13-30-19/h3-13H,14-15H2,1-2H3,(H,23,26)(H,24,27). The highest BCUT2D eigenvalue weighted by atomic mass is 32.2. The molecule has 0 aliphatic rings. The molecule has 0 atom stereocenters. The number of sulfonamides is 1. The molecule has 0 saturated carbocycles. The number of carbonyl (C=O) groups excluding carboxylic acids is 2. The number of carbonyl (C=O) groups is 2. The summed E-state index contributed by atoms with van der Waals surface area (Å²) in [4.78, 5) is 24.3. The number of amides is 2. The Labute approximate surface area is 180 Å². The first kappa shape index (κ1) is 22.1. The van der Waals surface area contributed by atoms with E-state index in [9.17, 15) is 18.0 Å². The molecule has 31 heavy (non-hydrogen) atoms. The summed E-state index contributed by atoms with van der Waals surface area (Å²) < 4.78 is 31.8. The van der Waals surface area contributed by atoms with Crippen LogP contribution in [0.1, 0.15) is 21.7 Å². The van der Waals surface area contributed by atoms with Crippen molar-refractivity contribution in [3.63, 3.8) is 0 Å². The van der Waals surface area contributed by atoms with E-state index in [0.29, 0.717) is 17.0 Å². The van der Waals surface area contributed by atoms with E-state index in [4.69, 9.17) is 4.42 Å². The van der Waals surface area contributed by atoms with Gasteiger partial charge >= 0.3 is 0 Å². The lowest BCUT2D eigenvalue weighted by Crippen LogP contribution is -2.36. The Bertz CT molecular complexity index is 1140. The average molecular weight is 442 g/mol. The van der Waals surface area contributed by atoms with E-state index in [1.807, 2.05) is 6.92 Å². The molecule has 0 aliphatic heterocycles. The molecule has 0 aliphatic carbocycles. The van der Waals surface area contributed by atoms with Gasteiger partial charge in [0.2, 0.25) is 5.91 Å². The van der Waals surface area contributed by atoms with E-state index < -0.39 is 15.9 Å². The maximum atomic E-state index is 12.8. The molecule has 0 radical (unpaired) electrons. The normalized spacial score (nSPS) is 11.0. The van der Waals surface area contributed by atoms with Crippen molar-refractivity contribution in [1.29, 1.82) is 0 Å². The number of hydrogen-bond donors (Lipinski definition) is 2. The Balaban J connectivity index is 1.58. The lowest BCUT2D eigenvalue weighted by Gasteiger charge is -2.20. The first-order valence-electron chi connectivity index (χ1n) is 9.50. The minimum atomic E-state index is -3.72. The van der Waals surface area contributed by atoms with Crippen LogP contribution in [0.2, 0.25) is 0 Å². The van der Waals surface area contributed by atoms with Crippen LogP contribution in [-0.2, 0) is 21.4 Å². The summed E-state index contributed by atoms with van der Waals surface area (Å²) in [6.07, 6.45) is 1.51. The van der Waals surface area contributed by atoms with Crippen LogP contribution in [0.25, 0.3) is 0 Å². The van der Waals surface area contributed by atoms with Gasteiger partial charge in [0.1, 0.15) is 5.76 Å². The van der Waals surface area contributed by atoms with Crippen LogP contribution in [-0.4, -0.2) is 33.8 Å². The molecule has 0 bridgehead atoms. The second kappa shape index (κ2) is 9.48. The van der Waals surface area contributed by atoms with Gasteiger partial charge in [-0.25, -0.2) is 8.42 Å². The topological polar surface area (TPSA) is 109 Å². The van der Waals surface area contributed by atoms with E-state index in [-0.39, 0.29) is 23.9 Å². The molecule has 1 heterocycles. The van der Waals surface area contributed by atoms with Crippen LogP contribution in [0.5, 0.6) is 0 Å². The highest BCUT2D eigenvalue weighted by Crippen LogP contribution is 2.22. The van der Waals surface area contributed by atoms with E-state index in [2.05, 4.69) is 10.6 Å². The molecule has 2 N–H and O–H groups in total. The van der Waals surface area contributed by atoms with Gasteiger partial charge in [0.05, 0.1) is 29.9 Å². The predicted molar refractivity (Wildman–Crippen MR) is 116 cm³/mol. The largest absolute Gasteiger partial charge is 0.467 e. The maximum absolute atomic E-state index is 12.8. The van der Waals surface area contributed by atoms with E-state index in [0.717, 1.165) is 9.87 Å². The van der Waals surface area contributed by atoms with Crippen LogP contribution in [0.4, 0.5) is 5.69 Å². The van der Waals surface area contributed by atoms with Crippen molar-refractivity contribution in [3.8, 4) is 0 Å². The zero-order valence-corrected chi connectivity index (χ0v) is 18.0. The Hall–Kier alpha value is -3.59. The Morgan fingerprint density at radius 2 is 1.65 bits per heavy atom. The molecule has 2 amide bonds. The molecular formula is C22H23N3O5S. The number of rotatable bonds is 8. The Morgan fingerprint density at radius 3 is 2.26 bits per heavy atom. The Kier molecular flexibility index (Phi) is 6.76. The maximum Gasteiger partial charge on any atom is 0.264 e. The summed E-state index contributed by atoms with van der Waals surface area (Å²) in [5.41, 5.74) is 1.68. The van der Waals surface area contributed by atoms with Crippen LogP contribution in [0, 0.1) is 6.92 Å². The molecule has 3 rings (SSSR count). The van der Waals surface area contributed by atoms with E-state index >= 15 is 0 Å². The lowest BCUT2D eigenvalue weighted by atomic mass is 10.2. The summed E-state index contributed by atoms with van der Waals surface area (Å²) in [5.74, 6) is -0.186. The molecule has 162 valence electrons. The molecular weight excluding hydrogens is 418 g/mol. The third kappa shape index (κ3) is 5.52. The fourth-order valence-electron chi connectivity index (χ4n) is 2.75. The summed E-state index contributed by atoms with van der Waals surface area (Å²) in [5, 5.41) is 5.16. The molecule has 1 aromatic heterocycles. The first-order chi connectivity index (χ1) is 14.8. The molecule has 0 unspecified atom stereocenters. The fraction of sp³-hybridized carbons (Fsp3) is 0.182. The zero-order chi connectivity index (χ0) is 22.4. The minimum absolute atomic E-state index is 0.183. The van der Waals surface area contributed by atoms with Crippen molar-refractivity contribution < 1.29 is 22.4 Å². The van der Waals surface area contributed by atoms with Gasteiger partial charge < -0.3 is 15.1 Å². The van der Waals surface area contributed by atoms with Crippen LogP contribution < -0.4 is 14.9 Å². The quantitative estimate of drug-likeness (QED) is 0.558. The number of hydrogen-bond acceptors (Lipinski definition) is 5. The number of furan rings is 1. The van der Waals surface area contributed by atoms with Gasteiger partial charge in [0.25, 0.3) is 15.9 Å². The molecule has 8 nitrogen and oxygen atoms in total. The summed E-state index contributed by atoms with van der Waals surface area (Å²) in [7, 11) is -2.26. The van der Waals surface area contributed by atoms with Gasteiger partial charge in [-0.3, -0.25) is 13.9 Å². The third-order valence-corrected chi connectivity index (χ3v) is 6.42. The minimum Gasteiger partial charge on any atom is -0.467 e. The molecule has 2 aromatic carbocycles. The average Bonchev–Trinajstić information content (AvgIpc) is 3.29. The number of anilines is 1. The van der Waals surface area contributed by atoms with E-state index in [1.165, 1.54) is 37.6 Å². The first-order valence-corrected chi connectivity index (χ1v) is 10.9. The summed E-state index contributed by atoms with van der Waals surface area (Å²) in [6.45, 7) is 1.92. The monoisotopic (exact) mass is 441 g/mol. The summed E-state index contributed by atoms with van der Waals surface area (Å²) >= 11 is 0. The van der Waals surface area contributed by atoms with Gasteiger partial charge in [-0.05, 0) is 55.5 Å².